The summed E-state index contributed by atoms with van der Waals surface area (Å²) in [6, 6.07) is 0. The van der Waals surface area contributed by atoms with Crippen molar-refractivity contribution in [3.63, 3.8) is 0 Å². The zero-order valence-electron chi connectivity index (χ0n) is 16.9. The first-order valence-corrected chi connectivity index (χ1v) is 9.39. The van der Waals surface area contributed by atoms with Crippen molar-refractivity contribution in [1.29, 1.82) is 0 Å². The van der Waals surface area contributed by atoms with E-state index in [2.05, 4.69) is 77.1 Å². The zero-order chi connectivity index (χ0) is 18.8. The molecule has 0 amide bonds. The van der Waals surface area contributed by atoms with Crippen molar-refractivity contribution in [3.8, 4) is 0 Å². The molecule has 0 aromatic heterocycles. The fraction of sp³-hybridized carbons (Fsp3) is 0.417. The standard InChI is InChI=1S/C24H35N/c1-8-13-20(11-4)22(12-5)24(21-15-17-25(7)18-16-21)23(14-9-2)19(6)10-3/h8-10,12-14H,1,3,11,15-18H2,2,4-7H3/b14-9-,20-13-,22-12+,23-19-. The molecule has 0 N–H and O–H groups in total. The van der Waals surface area contributed by atoms with Gasteiger partial charge in [-0.05, 0) is 74.9 Å². The molecule has 136 valence electrons. The van der Waals surface area contributed by atoms with Gasteiger partial charge in [0, 0.05) is 13.1 Å². The second kappa shape index (κ2) is 10.9. The predicted molar refractivity (Wildman–Crippen MR) is 114 cm³/mol. The van der Waals surface area contributed by atoms with Crippen LogP contribution in [-0.2, 0) is 0 Å². The maximum absolute atomic E-state index is 4.02. The quantitative estimate of drug-likeness (QED) is 0.476. The van der Waals surface area contributed by atoms with Crippen molar-refractivity contribution in [2.75, 3.05) is 20.1 Å². The minimum absolute atomic E-state index is 0.999. The van der Waals surface area contributed by atoms with Gasteiger partial charge < -0.3 is 4.90 Å². The van der Waals surface area contributed by atoms with Crippen LogP contribution in [0.4, 0.5) is 0 Å². The average Bonchev–Trinajstić information content (AvgIpc) is 2.63. The smallest absolute Gasteiger partial charge is 0.00160 e. The Morgan fingerprint density at radius 1 is 1.16 bits per heavy atom. The highest BCUT2D eigenvalue weighted by atomic mass is 15.1. The zero-order valence-corrected chi connectivity index (χ0v) is 16.9. The Morgan fingerprint density at radius 3 is 2.24 bits per heavy atom. The van der Waals surface area contributed by atoms with Crippen LogP contribution in [-0.4, -0.2) is 25.0 Å². The monoisotopic (exact) mass is 337 g/mol. The summed E-state index contributed by atoms with van der Waals surface area (Å²) in [5.41, 5.74) is 8.18. The van der Waals surface area contributed by atoms with Crippen LogP contribution in [0.3, 0.4) is 0 Å². The minimum Gasteiger partial charge on any atom is -0.306 e. The van der Waals surface area contributed by atoms with Crippen LogP contribution in [0.15, 0.2) is 83.1 Å². The fourth-order valence-electron chi connectivity index (χ4n) is 3.38. The first kappa shape index (κ1) is 21.2. The lowest BCUT2D eigenvalue weighted by Crippen LogP contribution is -2.27. The first-order valence-electron chi connectivity index (χ1n) is 9.39. The molecule has 0 spiro atoms. The van der Waals surface area contributed by atoms with E-state index in [0.29, 0.717) is 0 Å². The van der Waals surface area contributed by atoms with Gasteiger partial charge in [-0.15, -0.1) is 0 Å². The van der Waals surface area contributed by atoms with Gasteiger partial charge in [0.1, 0.15) is 0 Å². The van der Waals surface area contributed by atoms with Crippen LogP contribution < -0.4 is 0 Å². The summed E-state index contributed by atoms with van der Waals surface area (Å²) in [4.78, 5) is 2.41. The molecule has 1 aliphatic rings. The molecule has 1 aliphatic heterocycles. The number of piperidine rings is 1. The largest absolute Gasteiger partial charge is 0.306 e. The second-order valence-corrected chi connectivity index (χ2v) is 6.57. The molecule has 25 heavy (non-hydrogen) atoms. The molecule has 0 aromatic rings. The summed E-state index contributed by atoms with van der Waals surface area (Å²) in [7, 11) is 2.21. The van der Waals surface area contributed by atoms with Gasteiger partial charge in [-0.3, -0.25) is 0 Å². The highest BCUT2D eigenvalue weighted by Gasteiger charge is 2.21. The van der Waals surface area contributed by atoms with E-state index in [0.717, 1.165) is 32.4 Å². The van der Waals surface area contributed by atoms with E-state index in [1.54, 1.807) is 5.57 Å². The maximum atomic E-state index is 4.02. The molecule has 1 heteroatoms. The van der Waals surface area contributed by atoms with Crippen molar-refractivity contribution in [2.45, 2.75) is 47.0 Å². The second-order valence-electron chi connectivity index (χ2n) is 6.57. The van der Waals surface area contributed by atoms with Crippen molar-refractivity contribution in [2.24, 2.45) is 0 Å². The van der Waals surface area contributed by atoms with Crippen LogP contribution in [0, 0.1) is 0 Å². The summed E-state index contributed by atoms with van der Waals surface area (Å²) in [5, 5.41) is 0. The minimum atomic E-state index is 0.999. The van der Waals surface area contributed by atoms with Crippen LogP contribution in [0.5, 0.6) is 0 Å². The van der Waals surface area contributed by atoms with Gasteiger partial charge in [0.25, 0.3) is 0 Å². The number of hydrogen-bond acceptors (Lipinski definition) is 1. The average molecular weight is 338 g/mol. The molecule has 0 radical (unpaired) electrons. The Morgan fingerprint density at radius 2 is 1.80 bits per heavy atom. The normalized spacial score (nSPS) is 18.4. The SMILES string of the molecule is C=C/C=C(CC)\C(=C/C)C(=C1CCN(C)CC1)C(/C=C\C)=C(/C)C=C. The molecule has 0 atom stereocenters. The van der Waals surface area contributed by atoms with E-state index in [1.165, 1.54) is 27.9 Å². The van der Waals surface area contributed by atoms with Crippen LogP contribution in [0.1, 0.15) is 47.0 Å². The number of likely N-dealkylation sites (tertiary alicyclic amines) is 1. The van der Waals surface area contributed by atoms with Crippen LogP contribution in [0.2, 0.25) is 0 Å². The first-order chi connectivity index (χ1) is 12.0. The van der Waals surface area contributed by atoms with Crippen molar-refractivity contribution in [1.82, 2.24) is 4.90 Å². The lowest BCUT2D eigenvalue weighted by Gasteiger charge is -2.29. The summed E-state index contributed by atoms with van der Waals surface area (Å²) in [5.74, 6) is 0. The fourth-order valence-corrected chi connectivity index (χ4v) is 3.38. The Hall–Kier alpha value is -1.86. The predicted octanol–water partition coefficient (Wildman–Crippen LogP) is 6.56. The molecule has 0 saturated carbocycles. The van der Waals surface area contributed by atoms with Crippen molar-refractivity contribution >= 4 is 0 Å². The van der Waals surface area contributed by atoms with E-state index in [1.807, 2.05) is 12.2 Å². The number of allylic oxidation sites excluding steroid dienone is 11. The third kappa shape index (κ3) is 5.57. The van der Waals surface area contributed by atoms with Crippen LogP contribution in [0.25, 0.3) is 0 Å². The molecule has 1 saturated heterocycles. The molecule has 1 nitrogen and oxygen atoms in total. The van der Waals surface area contributed by atoms with Gasteiger partial charge in [0.15, 0.2) is 0 Å². The van der Waals surface area contributed by atoms with E-state index in [9.17, 15) is 0 Å². The van der Waals surface area contributed by atoms with Crippen LogP contribution >= 0.6 is 0 Å². The number of nitrogens with zero attached hydrogens (tertiary/aromatic N) is 1. The third-order valence-electron chi connectivity index (χ3n) is 4.88. The Kier molecular flexibility index (Phi) is 9.23. The van der Waals surface area contributed by atoms with Crippen molar-refractivity contribution in [3.05, 3.63) is 83.1 Å². The number of rotatable bonds is 7. The molecule has 1 fully saturated rings. The van der Waals surface area contributed by atoms with Crippen molar-refractivity contribution < 1.29 is 0 Å². The lowest BCUT2D eigenvalue weighted by molar-refractivity contribution is 0.311. The van der Waals surface area contributed by atoms with Gasteiger partial charge >= 0.3 is 0 Å². The summed E-state index contributed by atoms with van der Waals surface area (Å²) >= 11 is 0. The molecule has 0 bridgehead atoms. The summed E-state index contributed by atoms with van der Waals surface area (Å²) < 4.78 is 0. The van der Waals surface area contributed by atoms with Gasteiger partial charge in [-0.2, -0.15) is 0 Å². The van der Waals surface area contributed by atoms with Gasteiger partial charge in [-0.25, -0.2) is 0 Å². The van der Waals surface area contributed by atoms with E-state index >= 15 is 0 Å². The Labute approximate surface area is 155 Å². The molecule has 0 aromatic carbocycles. The summed E-state index contributed by atoms with van der Waals surface area (Å²) in [6.45, 7) is 18.8. The molecule has 1 rings (SSSR count). The van der Waals surface area contributed by atoms with E-state index in [4.69, 9.17) is 0 Å². The molecular weight excluding hydrogens is 302 g/mol. The third-order valence-corrected chi connectivity index (χ3v) is 4.88. The van der Waals surface area contributed by atoms with E-state index in [-0.39, 0.29) is 0 Å². The molecule has 1 heterocycles. The number of hydrogen-bond donors (Lipinski definition) is 0. The molecular formula is C24H35N. The molecule has 0 aliphatic carbocycles. The lowest BCUT2D eigenvalue weighted by atomic mass is 9.82. The topological polar surface area (TPSA) is 3.24 Å². The Balaban J connectivity index is 3.68. The van der Waals surface area contributed by atoms with Gasteiger partial charge in [-0.1, -0.05) is 62.1 Å². The van der Waals surface area contributed by atoms with Gasteiger partial charge in [0.05, 0.1) is 0 Å². The summed E-state index contributed by atoms with van der Waals surface area (Å²) in [6.07, 6.45) is 15.9. The molecule has 0 unspecified atom stereocenters. The van der Waals surface area contributed by atoms with Gasteiger partial charge in [0.2, 0.25) is 0 Å². The maximum Gasteiger partial charge on any atom is 0.00160 e. The Bertz CT molecular complexity index is 625. The highest BCUT2D eigenvalue weighted by molar-refractivity contribution is 5.63. The highest BCUT2D eigenvalue weighted by Crippen LogP contribution is 2.36. The van der Waals surface area contributed by atoms with E-state index < -0.39 is 0 Å².